The second-order valence-electron chi connectivity index (χ2n) is 4.69. The van der Waals surface area contributed by atoms with Gasteiger partial charge in [0.2, 0.25) is 0 Å². The Hall–Kier alpha value is -2.09. The topological polar surface area (TPSA) is 111 Å². The number of rotatable bonds is 0. The molecule has 152 valence electrons. The summed E-state index contributed by atoms with van der Waals surface area (Å²) in [5.74, 6) is -4.37. The molecule has 1 saturated heterocycles. The molecule has 1 fully saturated rings. The van der Waals surface area contributed by atoms with Crippen molar-refractivity contribution >= 4 is 17.8 Å². The van der Waals surface area contributed by atoms with E-state index in [2.05, 4.69) is 15.2 Å². The van der Waals surface area contributed by atoms with Crippen molar-refractivity contribution in [3.8, 4) is 0 Å². The molecule has 2 aliphatic rings. The number of nitrogens with one attached hydrogen (secondary N) is 1. The van der Waals surface area contributed by atoms with Crippen molar-refractivity contribution in [2.24, 2.45) is 4.99 Å². The highest BCUT2D eigenvalue weighted by Crippen LogP contribution is 2.13. The summed E-state index contributed by atoms with van der Waals surface area (Å²) in [6, 6.07) is 0. The second-order valence-corrected chi connectivity index (χ2v) is 4.69. The molecule has 3 N–H and O–H groups in total. The summed E-state index contributed by atoms with van der Waals surface area (Å²) in [5.41, 5.74) is 0. The zero-order chi connectivity index (χ0) is 20.4. The number of hydrogen-bond donors (Lipinski definition) is 3. The van der Waals surface area contributed by atoms with Gasteiger partial charge in [-0.3, -0.25) is 4.99 Å². The van der Waals surface area contributed by atoms with Gasteiger partial charge in [0.15, 0.2) is 0 Å². The maximum absolute atomic E-state index is 10.6. The largest absolute Gasteiger partial charge is 0.490 e. The van der Waals surface area contributed by atoms with Crippen molar-refractivity contribution in [1.82, 2.24) is 10.2 Å². The molecular formula is C12H17F6N3O5. The molecule has 0 aromatic heterocycles. The van der Waals surface area contributed by atoms with Crippen LogP contribution in [0, 0.1) is 0 Å². The first-order valence-electron chi connectivity index (χ1n) is 7.02. The third-order valence-corrected chi connectivity index (χ3v) is 2.73. The lowest BCUT2D eigenvalue weighted by molar-refractivity contribution is -0.193. The van der Waals surface area contributed by atoms with E-state index >= 15 is 0 Å². The van der Waals surface area contributed by atoms with Crippen LogP contribution in [0.5, 0.6) is 0 Å². The Bertz CT molecular complexity index is 465. The molecule has 0 amide bonds. The summed E-state index contributed by atoms with van der Waals surface area (Å²) in [7, 11) is 0. The number of carboxylic acids is 2. The molecule has 2 aliphatic heterocycles. The molecule has 0 spiro atoms. The van der Waals surface area contributed by atoms with Crippen LogP contribution in [0.2, 0.25) is 0 Å². The maximum atomic E-state index is 10.6. The monoisotopic (exact) mass is 397 g/mol. The molecule has 0 aromatic carbocycles. The summed E-state index contributed by atoms with van der Waals surface area (Å²) in [6.45, 7) is 6.61. The van der Waals surface area contributed by atoms with E-state index < -0.39 is 24.3 Å². The molecule has 0 atom stereocenters. The van der Waals surface area contributed by atoms with Gasteiger partial charge in [-0.15, -0.1) is 0 Å². The van der Waals surface area contributed by atoms with Crippen LogP contribution in [0.25, 0.3) is 0 Å². The highest BCUT2D eigenvalue weighted by Gasteiger charge is 2.38. The van der Waals surface area contributed by atoms with Crippen LogP contribution in [0.15, 0.2) is 4.99 Å². The molecular weight excluding hydrogens is 380 g/mol. The normalized spacial score (nSPS) is 17.8. The van der Waals surface area contributed by atoms with Crippen molar-refractivity contribution in [3.63, 3.8) is 0 Å². The van der Waals surface area contributed by atoms with Gasteiger partial charge in [-0.2, -0.15) is 26.3 Å². The fourth-order valence-corrected chi connectivity index (χ4v) is 1.56. The average Bonchev–Trinajstić information content (AvgIpc) is 2.56. The summed E-state index contributed by atoms with van der Waals surface area (Å²) < 4.78 is 68.8. The van der Waals surface area contributed by atoms with Gasteiger partial charge in [-0.25, -0.2) is 9.59 Å². The molecule has 0 bridgehead atoms. The predicted molar refractivity (Wildman–Crippen MR) is 74.9 cm³/mol. The molecule has 2 rings (SSSR count). The van der Waals surface area contributed by atoms with Gasteiger partial charge < -0.3 is 25.2 Å². The van der Waals surface area contributed by atoms with E-state index in [1.807, 2.05) is 0 Å². The smallest absolute Gasteiger partial charge is 0.475 e. The zero-order valence-electron chi connectivity index (χ0n) is 13.2. The van der Waals surface area contributed by atoms with Gasteiger partial charge in [0.25, 0.3) is 0 Å². The second kappa shape index (κ2) is 10.8. The molecule has 0 saturated carbocycles. The first kappa shape index (κ1) is 23.9. The zero-order valence-corrected chi connectivity index (χ0v) is 13.2. The van der Waals surface area contributed by atoms with Gasteiger partial charge in [0.1, 0.15) is 12.4 Å². The molecule has 0 aliphatic carbocycles. The van der Waals surface area contributed by atoms with Crippen molar-refractivity contribution in [2.45, 2.75) is 12.4 Å². The van der Waals surface area contributed by atoms with E-state index in [9.17, 15) is 26.3 Å². The fourth-order valence-electron chi connectivity index (χ4n) is 1.56. The van der Waals surface area contributed by atoms with Crippen LogP contribution in [-0.2, 0) is 14.3 Å². The molecule has 8 nitrogen and oxygen atoms in total. The van der Waals surface area contributed by atoms with Crippen molar-refractivity contribution in [2.75, 3.05) is 45.9 Å². The number of hydrogen-bond acceptors (Lipinski definition) is 6. The Morgan fingerprint density at radius 2 is 1.42 bits per heavy atom. The third kappa shape index (κ3) is 10.7. The van der Waals surface area contributed by atoms with Gasteiger partial charge in [-0.1, -0.05) is 0 Å². The maximum Gasteiger partial charge on any atom is 0.490 e. The Labute approximate surface area is 143 Å². The molecule has 2 heterocycles. The molecule has 14 heteroatoms. The highest BCUT2D eigenvalue weighted by atomic mass is 19.4. The van der Waals surface area contributed by atoms with Crippen LogP contribution in [-0.4, -0.2) is 91.2 Å². The Morgan fingerprint density at radius 1 is 1.00 bits per heavy atom. The van der Waals surface area contributed by atoms with Crippen LogP contribution >= 0.6 is 0 Å². The SMILES string of the molecule is C1COCC(N2CCNCC2)=N1.O=C(O)C(F)(F)F.O=C(O)C(F)(F)F. The number of alkyl halides is 6. The van der Waals surface area contributed by atoms with E-state index in [-0.39, 0.29) is 0 Å². The van der Waals surface area contributed by atoms with Gasteiger partial charge >= 0.3 is 24.3 Å². The number of carbonyl (C=O) groups is 2. The minimum Gasteiger partial charge on any atom is -0.475 e. The molecule has 26 heavy (non-hydrogen) atoms. The van der Waals surface area contributed by atoms with Gasteiger partial charge in [-0.05, 0) is 0 Å². The van der Waals surface area contributed by atoms with Crippen LogP contribution in [0.3, 0.4) is 0 Å². The quantitative estimate of drug-likeness (QED) is 0.513. The van der Waals surface area contributed by atoms with Crippen molar-refractivity contribution in [1.29, 1.82) is 0 Å². The van der Waals surface area contributed by atoms with Gasteiger partial charge in [0, 0.05) is 26.2 Å². The first-order chi connectivity index (χ1) is 11.9. The Balaban J connectivity index is 0.000000390. The van der Waals surface area contributed by atoms with Crippen LogP contribution < -0.4 is 5.32 Å². The fraction of sp³-hybridized carbons (Fsp3) is 0.750. The van der Waals surface area contributed by atoms with Crippen LogP contribution in [0.1, 0.15) is 0 Å². The molecule has 0 radical (unpaired) electrons. The number of halogens is 6. The minimum atomic E-state index is -5.08. The average molecular weight is 397 g/mol. The first-order valence-corrected chi connectivity index (χ1v) is 7.02. The number of carboxylic acid groups (broad SMARTS) is 2. The van der Waals surface area contributed by atoms with Crippen molar-refractivity contribution in [3.05, 3.63) is 0 Å². The predicted octanol–water partition coefficient (Wildman–Crippen LogP) is 0.587. The number of amidine groups is 1. The number of ether oxygens (including phenoxy) is 1. The Morgan fingerprint density at radius 3 is 1.73 bits per heavy atom. The number of piperazine rings is 1. The summed E-state index contributed by atoms with van der Waals surface area (Å²) >= 11 is 0. The number of aliphatic carboxylic acids is 2. The van der Waals surface area contributed by atoms with E-state index in [1.165, 1.54) is 0 Å². The van der Waals surface area contributed by atoms with E-state index in [0.29, 0.717) is 6.61 Å². The lowest BCUT2D eigenvalue weighted by Crippen LogP contribution is -2.48. The molecule has 0 aromatic rings. The third-order valence-electron chi connectivity index (χ3n) is 2.73. The van der Waals surface area contributed by atoms with E-state index in [4.69, 9.17) is 24.5 Å². The van der Waals surface area contributed by atoms with Gasteiger partial charge in [0.05, 0.1) is 13.2 Å². The van der Waals surface area contributed by atoms with E-state index in [0.717, 1.165) is 45.2 Å². The summed E-state index contributed by atoms with van der Waals surface area (Å²) in [5, 5.41) is 17.6. The lowest BCUT2D eigenvalue weighted by atomic mass is 10.3. The van der Waals surface area contributed by atoms with Crippen LogP contribution in [0.4, 0.5) is 26.3 Å². The molecule has 0 unspecified atom stereocenters. The van der Waals surface area contributed by atoms with Crippen molar-refractivity contribution < 1.29 is 50.9 Å². The summed E-state index contributed by atoms with van der Waals surface area (Å²) in [6.07, 6.45) is -10.2. The highest BCUT2D eigenvalue weighted by molar-refractivity contribution is 5.84. The standard InChI is InChI=1S/C8H15N3O.2C2HF3O2/c1-4-11(5-2-9-1)8-7-12-6-3-10-8;2*3-2(4,5)1(6)7/h9H,1-7H2;2*(H,6,7). The number of aliphatic imine (C=N–C) groups is 1. The number of nitrogens with zero attached hydrogens (tertiary/aromatic N) is 2. The minimum absolute atomic E-state index is 0.708. The Kier molecular flexibility index (Phi) is 9.93. The lowest BCUT2D eigenvalue weighted by Gasteiger charge is -2.31. The summed E-state index contributed by atoms with van der Waals surface area (Å²) in [4.78, 5) is 24.5. The van der Waals surface area contributed by atoms with E-state index in [1.54, 1.807) is 0 Å².